The predicted octanol–water partition coefficient (Wildman–Crippen LogP) is 2.47. The highest BCUT2D eigenvalue weighted by molar-refractivity contribution is 5.61. The summed E-state index contributed by atoms with van der Waals surface area (Å²) in [6.45, 7) is 6.55. The predicted molar refractivity (Wildman–Crippen MR) is 75.4 cm³/mol. The Morgan fingerprint density at radius 3 is 2.68 bits per heavy atom. The van der Waals surface area contributed by atoms with Crippen LogP contribution < -0.4 is 5.73 Å². The number of aromatic nitrogens is 2. The van der Waals surface area contributed by atoms with Gasteiger partial charge in [-0.25, -0.2) is 0 Å². The van der Waals surface area contributed by atoms with Gasteiger partial charge in [-0.3, -0.25) is 4.68 Å². The summed E-state index contributed by atoms with van der Waals surface area (Å²) < 4.78 is 1.85. The Balaban J connectivity index is 2.28. The molecule has 0 aliphatic rings. The lowest BCUT2D eigenvalue weighted by Gasteiger charge is -2.17. The Kier molecular flexibility index (Phi) is 3.41. The van der Waals surface area contributed by atoms with E-state index in [9.17, 15) is 0 Å². The van der Waals surface area contributed by atoms with Gasteiger partial charge in [0.2, 0.25) is 0 Å². The number of benzene rings is 1. The van der Waals surface area contributed by atoms with Gasteiger partial charge in [-0.05, 0) is 44.5 Å². The van der Waals surface area contributed by atoms with Crippen molar-refractivity contribution >= 4 is 0 Å². The number of nitriles is 1. The second-order valence-electron chi connectivity index (χ2n) is 5.53. The van der Waals surface area contributed by atoms with Gasteiger partial charge in [0.05, 0.1) is 23.9 Å². The average Bonchev–Trinajstić information content (AvgIpc) is 2.75. The Hall–Kier alpha value is -2.12. The zero-order chi connectivity index (χ0) is 14.0. The van der Waals surface area contributed by atoms with Crippen molar-refractivity contribution in [3.63, 3.8) is 0 Å². The van der Waals surface area contributed by atoms with E-state index in [4.69, 9.17) is 11.0 Å². The van der Waals surface area contributed by atoms with Crippen molar-refractivity contribution in [3.05, 3.63) is 41.6 Å². The van der Waals surface area contributed by atoms with E-state index in [-0.39, 0.29) is 5.54 Å². The van der Waals surface area contributed by atoms with Crippen LogP contribution in [0.15, 0.2) is 30.5 Å². The third-order valence-corrected chi connectivity index (χ3v) is 2.85. The summed E-state index contributed by atoms with van der Waals surface area (Å²) in [7, 11) is 0. The van der Waals surface area contributed by atoms with Crippen molar-refractivity contribution in [3.8, 4) is 17.3 Å². The standard InChI is InChI=1S/C15H18N4/c1-11-8-12(4-5-13(11)9-16)14-6-7-19(18-14)10-15(2,3)17/h4-8H,10,17H2,1-3H3. The first kappa shape index (κ1) is 13.3. The van der Waals surface area contributed by atoms with E-state index in [0.717, 1.165) is 16.8 Å². The first-order chi connectivity index (χ1) is 8.89. The topological polar surface area (TPSA) is 67.6 Å². The highest BCUT2D eigenvalue weighted by Crippen LogP contribution is 2.20. The fourth-order valence-corrected chi connectivity index (χ4v) is 1.97. The molecule has 2 aromatic rings. The first-order valence-electron chi connectivity index (χ1n) is 6.22. The molecule has 98 valence electrons. The van der Waals surface area contributed by atoms with Crippen molar-refractivity contribution in [2.45, 2.75) is 32.9 Å². The average molecular weight is 254 g/mol. The fraction of sp³-hybridized carbons (Fsp3) is 0.333. The van der Waals surface area contributed by atoms with Gasteiger partial charge < -0.3 is 5.73 Å². The van der Waals surface area contributed by atoms with E-state index in [0.29, 0.717) is 12.1 Å². The third-order valence-electron chi connectivity index (χ3n) is 2.85. The highest BCUT2D eigenvalue weighted by atomic mass is 15.3. The molecule has 0 amide bonds. The van der Waals surface area contributed by atoms with Gasteiger partial charge in [0.1, 0.15) is 0 Å². The van der Waals surface area contributed by atoms with Gasteiger partial charge in [0.25, 0.3) is 0 Å². The second kappa shape index (κ2) is 4.87. The Labute approximate surface area is 113 Å². The summed E-state index contributed by atoms with van der Waals surface area (Å²) in [5.74, 6) is 0. The molecule has 0 saturated heterocycles. The molecule has 2 rings (SSSR count). The maximum absolute atomic E-state index is 8.93. The first-order valence-corrected chi connectivity index (χ1v) is 6.22. The van der Waals surface area contributed by atoms with Gasteiger partial charge in [-0.1, -0.05) is 6.07 Å². The van der Waals surface area contributed by atoms with E-state index in [1.807, 2.05) is 55.9 Å². The Morgan fingerprint density at radius 1 is 1.37 bits per heavy atom. The van der Waals surface area contributed by atoms with Gasteiger partial charge in [0.15, 0.2) is 0 Å². The molecule has 0 bridgehead atoms. The molecule has 1 heterocycles. The van der Waals surface area contributed by atoms with Crippen molar-refractivity contribution in [2.24, 2.45) is 5.73 Å². The lowest BCUT2D eigenvalue weighted by molar-refractivity contribution is 0.409. The van der Waals surface area contributed by atoms with Crippen LogP contribution in [0.2, 0.25) is 0 Å². The highest BCUT2D eigenvalue weighted by Gasteiger charge is 2.13. The van der Waals surface area contributed by atoms with Crippen LogP contribution in [0.25, 0.3) is 11.3 Å². The molecule has 0 saturated carbocycles. The molecule has 0 radical (unpaired) electrons. The summed E-state index contributed by atoms with van der Waals surface area (Å²) in [6, 6.07) is 9.87. The van der Waals surface area contributed by atoms with Crippen LogP contribution in [0.1, 0.15) is 25.0 Å². The maximum Gasteiger partial charge on any atom is 0.0994 e. The molecule has 0 atom stereocenters. The van der Waals surface area contributed by atoms with Crippen LogP contribution in [0.3, 0.4) is 0 Å². The lowest BCUT2D eigenvalue weighted by atomic mass is 10.0. The molecule has 4 heteroatoms. The molecule has 1 aromatic carbocycles. The van der Waals surface area contributed by atoms with Crippen molar-refractivity contribution in [2.75, 3.05) is 0 Å². The van der Waals surface area contributed by atoms with E-state index < -0.39 is 0 Å². The largest absolute Gasteiger partial charge is 0.324 e. The monoisotopic (exact) mass is 254 g/mol. The Bertz CT molecular complexity index is 626. The van der Waals surface area contributed by atoms with Gasteiger partial charge in [-0.15, -0.1) is 0 Å². The van der Waals surface area contributed by atoms with Crippen LogP contribution in [0.5, 0.6) is 0 Å². The van der Waals surface area contributed by atoms with Crippen LogP contribution >= 0.6 is 0 Å². The number of hydrogen-bond donors (Lipinski definition) is 1. The Morgan fingerprint density at radius 2 is 2.11 bits per heavy atom. The molecule has 0 fully saturated rings. The van der Waals surface area contributed by atoms with E-state index in [2.05, 4.69) is 11.2 Å². The molecular formula is C15H18N4. The van der Waals surface area contributed by atoms with Crippen molar-refractivity contribution < 1.29 is 0 Å². The number of hydrogen-bond acceptors (Lipinski definition) is 3. The fourth-order valence-electron chi connectivity index (χ4n) is 1.97. The minimum Gasteiger partial charge on any atom is -0.324 e. The molecule has 0 unspecified atom stereocenters. The van der Waals surface area contributed by atoms with Crippen LogP contribution in [0.4, 0.5) is 0 Å². The SMILES string of the molecule is Cc1cc(-c2ccn(CC(C)(C)N)n2)ccc1C#N. The molecule has 1 aromatic heterocycles. The second-order valence-corrected chi connectivity index (χ2v) is 5.53. The van der Waals surface area contributed by atoms with Crippen molar-refractivity contribution in [1.29, 1.82) is 5.26 Å². The zero-order valence-corrected chi connectivity index (χ0v) is 11.5. The van der Waals surface area contributed by atoms with E-state index in [1.165, 1.54) is 0 Å². The van der Waals surface area contributed by atoms with Crippen LogP contribution in [-0.2, 0) is 6.54 Å². The summed E-state index contributed by atoms with van der Waals surface area (Å²) in [6.07, 6.45) is 1.93. The van der Waals surface area contributed by atoms with Crippen molar-refractivity contribution in [1.82, 2.24) is 9.78 Å². The summed E-state index contributed by atoms with van der Waals surface area (Å²) in [4.78, 5) is 0. The number of nitrogens with zero attached hydrogens (tertiary/aromatic N) is 3. The molecular weight excluding hydrogens is 236 g/mol. The summed E-state index contributed by atoms with van der Waals surface area (Å²) in [5.41, 5.74) is 9.28. The van der Waals surface area contributed by atoms with Gasteiger partial charge in [-0.2, -0.15) is 10.4 Å². The van der Waals surface area contributed by atoms with Crippen LogP contribution in [0, 0.1) is 18.3 Å². The maximum atomic E-state index is 8.93. The normalized spacial score (nSPS) is 11.3. The molecule has 2 N–H and O–H groups in total. The zero-order valence-electron chi connectivity index (χ0n) is 11.5. The quantitative estimate of drug-likeness (QED) is 0.914. The van der Waals surface area contributed by atoms with E-state index >= 15 is 0 Å². The van der Waals surface area contributed by atoms with E-state index in [1.54, 1.807) is 0 Å². The van der Waals surface area contributed by atoms with Crippen LogP contribution in [-0.4, -0.2) is 15.3 Å². The third kappa shape index (κ3) is 3.21. The molecule has 4 nitrogen and oxygen atoms in total. The molecule has 0 aliphatic carbocycles. The van der Waals surface area contributed by atoms with Gasteiger partial charge >= 0.3 is 0 Å². The number of rotatable bonds is 3. The van der Waals surface area contributed by atoms with Gasteiger partial charge in [0, 0.05) is 17.3 Å². The number of aryl methyl sites for hydroxylation is 1. The number of nitrogens with two attached hydrogens (primary N) is 1. The molecule has 19 heavy (non-hydrogen) atoms. The lowest BCUT2D eigenvalue weighted by Crippen LogP contribution is -2.37. The minimum absolute atomic E-state index is 0.288. The summed E-state index contributed by atoms with van der Waals surface area (Å²) >= 11 is 0. The molecule has 0 aliphatic heterocycles. The minimum atomic E-state index is -0.288. The smallest absolute Gasteiger partial charge is 0.0994 e. The molecule has 0 spiro atoms. The summed E-state index contributed by atoms with van der Waals surface area (Å²) in [5, 5.41) is 13.4.